The zero-order valence-corrected chi connectivity index (χ0v) is 19.9. The maximum Gasteiger partial charge on any atom is 0.256 e. The Labute approximate surface area is 224 Å². The smallest absolute Gasteiger partial charge is 0.256 e. The first-order valence-corrected chi connectivity index (χ1v) is 11.8. The van der Waals surface area contributed by atoms with E-state index >= 15 is 8.78 Å². The zero-order valence-electron chi connectivity index (χ0n) is 24.9. The van der Waals surface area contributed by atoms with E-state index in [4.69, 9.17) is 11.6 Å². The number of halogens is 2. The van der Waals surface area contributed by atoms with Crippen molar-refractivity contribution in [1.29, 1.82) is 0 Å². The van der Waals surface area contributed by atoms with Gasteiger partial charge in [0.25, 0.3) is 5.91 Å². The van der Waals surface area contributed by atoms with E-state index in [0.717, 1.165) is 27.4 Å². The van der Waals surface area contributed by atoms with Crippen LogP contribution in [0, 0.1) is 11.6 Å². The lowest BCUT2D eigenvalue weighted by atomic mass is 9.99. The van der Waals surface area contributed by atoms with Crippen LogP contribution in [0.4, 0.5) is 8.78 Å². The summed E-state index contributed by atoms with van der Waals surface area (Å²) in [5.74, 6) is -2.53. The maximum atomic E-state index is 15.4. The average molecular weight is 517 g/mol. The molecule has 0 N–H and O–H groups in total. The number of aromatic nitrogens is 4. The van der Waals surface area contributed by atoms with Crippen molar-refractivity contribution in [3.8, 4) is 16.9 Å². The second-order valence-electron chi connectivity index (χ2n) is 8.72. The van der Waals surface area contributed by atoms with E-state index in [0.29, 0.717) is 22.9 Å². The van der Waals surface area contributed by atoms with Crippen molar-refractivity contribution in [3.05, 3.63) is 107 Å². The highest BCUT2D eigenvalue weighted by Crippen LogP contribution is 2.32. The maximum absolute atomic E-state index is 15.4. The van der Waals surface area contributed by atoms with E-state index in [-0.39, 0.29) is 29.2 Å². The van der Waals surface area contributed by atoms with Crippen molar-refractivity contribution < 1.29 is 25.2 Å². The van der Waals surface area contributed by atoms with Crippen molar-refractivity contribution in [2.75, 3.05) is 6.61 Å². The van der Waals surface area contributed by atoms with Gasteiger partial charge in [0.15, 0.2) is 0 Å². The molecule has 1 aliphatic heterocycles. The van der Waals surface area contributed by atoms with Gasteiger partial charge in [-0.3, -0.25) is 19.4 Å². The van der Waals surface area contributed by atoms with Gasteiger partial charge in [-0.1, -0.05) is 18.2 Å². The summed E-state index contributed by atoms with van der Waals surface area (Å²) >= 11 is 0. The molecule has 1 aliphatic rings. The molecule has 5 aromatic rings. The van der Waals surface area contributed by atoms with Crippen molar-refractivity contribution in [3.63, 3.8) is 0 Å². The van der Waals surface area contributed by atoms with Crippen LogP contribution in [0.1, 0.15) is 34.2 Å². The van der Waals surface area contributed by atoms with Gasteiger partial charge in [-0.15, -0.1) is 0 Å². The number of carbonyl (C=O) groups is 1. The third-order valence-corrected chi connectivity index (χ3v) is 6.25. The van der Waals surface area contributed by atoms with Crippen LogP contribution in [0.3, 0.4) is 0 Å². The summed E-state index contributed by atoms with van der Waals surface area (Å²) in [6, 6.07) is 13.8. The van der Waals surface area contributed by atoms with Crippen LogP contribution >= 0.6 is 0 Å². The summed E-state index contributed by atoms with van der Waals surface area (Å²) < 4.78 is 77.3. The summed E-state index contributed by atoms with van der Waals surface area (Å²) in [4.78, 5) is 22.3. The van der Waals surface area contributed by atoms with E-state index in [1.807, 2.05) is 12.1 Å². The SMILES string of the molecule is [2H]C1([2H])c2ncc(OCCc3ccccn3)cc2C(=O)N1Cc1c(F)cc(-c2cccc3nn(C([2H])([2H])[2H])cc23)cc1F. The summed E-state index contributed by atoms with van der Waals surface area (Å²) in [5, 5.41) is 4.43. The van der Waals surface area contributed by atoms with E-state index in [1.54, 1.807) is 30.5 Å². The van der Waals surface area contributed by atoms with Gasteiger partial charge >= 0.3 is 0 Å². The zero-order chi connectivity index (χ0) is 30.5. The first-order chi connectivity index (χ1) is 20.4. The number of rotatable bonds is 7. The number of hydrogen-bond donors (Lipinski definition) is 0. The Morgan fingerprint density at radius 3 is 2.74 bits per heavy atom. The minimum absolute atomic E-state index is 0.0595. The van der Waals surface area contributed by atoms with Gasteiger partial charge in [0.2, 0.25) is 0 Å². The molecule has 2 aromatic carbocycles. The molecule has 1 amide bonds. The molecule has 38 heavy (non-hydrogen) atoms. The van der Waals surface area contributed by atoms with Gasteiger partial charge < -0.3 is 9.64 Å². The quantitative estimate of drug-likeness (QED) is 0.302. The Balaban J connectivity index is 1.25. The van der Waals surface area contributed by atoms with Gasteiger partial charge in [0, 0.05) is 46.5 Å². The molecule has 0 atom stereocenters. The molecule has 0 radical (unpaired) electrons. The van der Waals surface area contributed by atoms with Crippen molar-refractivity contribution >= 4 is 16.8 Å². The molecule has 0 fully saturated rings. The van der Waals surface area contributed by atoms with E-state index < -0.39 is 43.1 Å². The first kappa shape index (κ1) is 18.6. The lowest BCUT2D eigenvalue weighted by Gasteiger charge is -2.17. The molecular weight excluding hydrogens is 488 g/mol. The Morgan fingerprint density at radius 2 is 1.95 bits per heavy atom. The number of benzene rings is 2. The van der Waals surface area contributed by atoms with Crippen molar-refractivity contribution in [2.45, 2.75) is 19.5 Å². The Bertz CT molecular complexity index is 1840. The normalized spacial score (nSPS) is 16.4. The summed E-state index contributed by atoms with van der Waals surface area (Å²) in [6.07, 6.45) is 4.76. The predicted molar refractivity (Wildman–Crippen MR) is 137 cm³/mol. The molecular formula is C29H23F2N5O2. The highest BCUT2D eigenvalue weighted by molar-refractivity contribution is 5.98. The lowest BCUT2D eigenvalue weighted by Crippen LogP contribution is -2.24. The molecule has 0 saturated carbocycles. The highest BCUT2D eigenvalue weighted by Gasteiger charge is 2.30. The highest BCUT2D eigenvalue weighted by atomic mass is 19.1. The number of amides is 1. The number of carbonyl (C=O) groups excluding carboxylic acids is 1. The second-order valence-corrected chi connectivity index (χ2v) is 8.72. The predicted octanol–water partition coefficient (Wildman–Crippen LogP) is 5.09. The fourth-order valence-corrected chi connectivity index (χ4v) is 4.39. The van der Waals surface area contributed by atoms with Crippen LogP contribution in [0.15, 0.2) is 73.2 Å². The van der Waals surface area contributed by atoms with Gasteiger partial charge in [0.1, 0.15) is 17.4 Å². The van der Waals surface area contributed by atoms with Gasteiger partial charge in [0.05, 0.1) is 45.4 Å². The fraction of sp³-hybridized carbons (Fsp3) is 0.172. The Morgan fingerprint density at radius 1 is 1.08 bits per heavy atom. The van der Waals surface area contributed by atoms with E-state index in [1.165, 1.54) is 18.5 Å². The molecule has 0 saturated heterocycles. The summed E-state index contributed by atoms with van der Waals surface area (Å²) in [5.41, 5.74) is 0.888. The number of aryl methyl sites for hydroxylation is 1. The van der Waals surface area contributed by atoms with Gasteiger partial charge in [-0.2, -0.15) is 5.10 Å². The second kappa shape index (κ2) is 9.66. The Hall–Kier alpha value is -4.66. The molecule has 190 valence electrons. The Kier molecular flexibility index (Phi) is 4.72. The van der Waals surface area contributed by atoms with Gasteiger partial charge in [-0.05, 0) is 47.5 Å². The van der Waals surface area contributed by atoms with E-state index in [2.05, 4.69) is 15.1 Å². The number of hydrogen-bond acceptors (Lipinski definition) is 5. The molecule has 6 rings (SSSR count). The van der Waals surface area contributed by atoms with Crippen LogP contribution in [0.2, 0.25) is 0 Å². The molecule has 0 unspecified atom stereocenters. The average Bonchev–Trinajstić information content (AvgIpc) is 3.49. The molecule has 4 heterocycles. The van der Waals surface area contributed by atoms with Crippen molar-refractivity contribution in [1.82, 2.24) is 24.6 Å². The molecule has 9 heteroatoms. The molecule has 0 bridgehead atoms. The number of fused-ring (bicyclic) bond motifs is 2. The number of pyridine rings is 2. The molecule has 3 aromatic heterocycles. The van der Waals surface area contributed by atoms with Crippen LogP contribution < -0.4 is 4.74 Å². The largest absolute Gasteiger partial charge is 0.492 e. The third-order valence-electron chi connectivity index (χ3n) is 6.25. The monoisotopic (exact) mass is 516 g/mol. The molecule has 7 nitrogen and oxygen atoms in total. The van der Waals surface area contributed by atoms with Crippen LogP contribution in [-0.4, -0.2) is 37.2 Å². The number of ether oxygens (including phenoxy) is 1. The lowest BCUT2D eigenvalue weighted by molar-refractivity contribution is 0.0763. The topological polar surface area (TPSA) is 73.1 Å². The summed E-state index contributed by atoms with van der Waals surface area (Å²) in [6.45, 7) is -5.42. The van der Waals surface area contributed by atoms with Crippen LogP contribution in [0.5, 0.6) is 5.75 Å². The molecule has 0 spiro atoms. The van der Waals surface area contributed by atoms with Crippen molar-refractivity contribution in [2.24, 2.45) is 6.98 Å². The van der Waals surface area contributed by atoms with Gasteiger partial charge in [-0.25, -0.2) is 8.78 Å². The number of nitrogens with zero attached hydrogens (tertiary/aromatic N) is 5. The van der Waals surface area contributed by atoms with Crippen LogP contribution in [0.25, 0.3) is 22.0 Å². The third kappa shape index (κ3) is 4.47. The standard InChI is InChI=1S/C29H23F2N5O2/c1-35-15-23-21(6-4-7-27(23)34-35)18-11-25(30)24(26(31)12-18)16-36-17-28-22(29(36)37)13-20(14-33-28)38-10-8-19-5-2-3-9-32-19/h2-7,9,11-15H,8,10,16-17H2,1H3/i1D3,17D2. The summed E-state index contributed by atoms with van der Waals surface area (Å²) in [7, 11) is 0. The minimum atomic E-state index is -2.53. The first-order valence-electron chi connectivity index (χ1n) is 14.3. The molecule has 0 aliphatic carbocycles. The van der Waals surface area contributed by atoms with Crippen LogP contribution in [-0.2, 0) is 26.4 Å². The van der Waals surface area contributed by atoms with E-state index in [9.17, 15) is 4.79 Å². The minimum Gasteiger partial charge on any atom is -0.492 e. The fourth-order valence-electron chi connectivity index (χ4n) is 4.39.